The maximum atomic E-state index is 12.7. The number of alkyl halides is 3. The summed E-state index contributed by atoms with van der Waals surface area (Å²) in [7, 11) is 0. The van der Waals surface area contributed by atoms with Crippen molar-refractivity contribution in [2.45, 2.75) is 33.9 Å². The summed E-state index contributed by atoms with van der Waals surface area (Å²) < 4.78 is 42.9. The van der Waals surface area contributed by atoms with E-state index in [9.17, 15) is 22.8 Å². The molecule has 1 aromatic heterocycles. The van der Waals surface area contributed by atoms with E-state index in [1.165, 1.54) is 0 Å². The highest BCUT2D eigenvalue weighted by Crippen LogP contribution is 2.38. The number of aromatic nitrogens is 1. The molecule has 0 unspecified atom stereocenters. The molecule has 2 rings (SSSR count). The second-order valence-electron chi connectivity index (χ2n) is 3.74. The van der Waals surface area contributed by atoms with Crippen LogP contribution in [0.25, 0.3) is 0 Å². The minimum absolute atomic E-state index is 0.0448. The zero-order valence-corrected chi connectivity index (χ0v) is 14.7. The molecular formula is C13H21F3N4O3S. The lowest BCUT2D eigenvalue weighted by Crippen LogP contribution is -2.42. The maximum absolute atomic E-state index is 12.7. The summed E-state index contributed by atoms with van der Waals surface area (Å²) in [5, 5.41) is -1.40. The summed E-state index contributed by atoms with van der Waals surface area (Å²) in [5.41, 5.74) is 1.18. The Labute approximate surface area is 141 Å². The number of halogens is 3. The van der Waals surface area contributed by atoms with Crippen LogP contribution in [-0.4, -0.2) is 36.6 Å². The van der Waals surface area contributed by atoms with Crippen molar-refractivity contribution in [1.82, 2.24) is 10.4 Å². The lowest BCUT2D eigenvalue weighted by Gasteiger charge is -2.25. The number of nitrogens with one attached hydrogen (secondary N) is 1. The molecule has 2 amide bonds. The van der Waals surface area contributed by atoms with E-state index in [-0.39, 0.29) is 36.1 Å². The summed E-state index contributed by atoms with van der Waals surface area (Å²) in [6.07, 6.45) is -4.71. The Morgan fingerprint density at radius 1 is 1.33 bits per heavy atom. The van der Waals surface area contributed by atoms with Crippen molar-refractivity contribution in [3.05, 3.63) is 10.7 Å². The summed E-state index contributed by atoms with van der Waals surface area (Å²) in [6.45, 7) is 7.95. The van der Waals surface area contributed by atoms with E-state index in [4.69, 9.17) is 10.6 Å². The third-order valence-corrected chi connectivity index (χ3v) is 3.55. The second kappa shape index (κ2) is 10.2. The molecule has 0 bridgehead atoms. The number of nitrogen functional groups attached to an aromatic ring is 1. The van der Waals surface area contributed by atoms with Gasteiger partial charge in [0.15, 0.2) is 5.69 Å². The Bertz CT molecular complexity index is 549. The van der Waals surface area contributed by atoms with Crippen molar-refractivity contribution in [3.63, 3.8) is 0 Å². The monoisotopic (exact) mass is 370 g/mol. The van der Waals surface area contributed by atoms with Crippen molar-refractivity contribution in [1.29, 1.82) is 0 Å². The molecule has 0 radical (unpaired) electrons. The Hall–Kier alpha value is -1.72. The lowest BCUT2D eigenvalue weighted by atomic mass is 10.3. The van der Waals surface area contributed by atoms with Gasteiger partial charge in [-0.05, 0) is 0 Å². The third kappa shape index (κ3) is 5.42. The largest absolute Gasteiger partial charge is 0.443 e. The van der Waals surface area contributed by atoms with Gasteiger partial charge in [-0.3, -0.25) is 19.9 Å². The molecule has 3 N–H and O–H groups in total. The first-order chi connectivity index (χ1) is 11.3. The van der Waals surface area contributed by atoms with Gasteiger partial charge >= 0.3 is 6.18 Å². The molecule has 0 aromatic carbocycles. The number of amides is 2. The van der Waals surface area contributed by atoms with Crippen molar-refractivity contribution in [3.8, 4) is 0 Å². The quantitative estimate of drug-likeness (QED) is 0.472. The number of nitrogens with zero attached hydrogens (tertiary/aromatic N) is 2. The van der Waals surface area contributed by atoms with Crippen molar-refractivity contribution < 1.29 is 27.5 Å². The first-order valence-corrected chi connectivity index (χ1v) is 8.13. The molecule has 1 aliphatic rings. The highest BCUT2D eigenvalue weighted by molar-refractivity contribution is 7.16. The number of hydrogen-bond acceptors (Lipinski definition) is 6. The van der Waals surface area contributed by atoms with E-state index in [0.29, 0.717) is 0 Å². The zero-order chi connectivity index (χ0) is 18.9. The highest BCUT2D eigenvalue weighted by atomic mass is 32.1. The molecule has 0 atom stereocenters. The molecule has 1 aliphatic heterocycles. The van der Waals surface area contributed by atoms with Gasteiger partial charge in [0.1, 0.15) is 11.6 Å². The summed E-state index contributed by atoms with van der Waals surface area (Å²) >= 11 is 0.217. The van der Waals surface area contributed by atoms with Gasteiger partial charge in [-0.25, -0.2) is 10.8 Å². The molecule has 1 fully saturated rings. The fourth-order valence-corrected chi connectivity index (χ4v) is 2.54. The predicted octanol–water partition coefficient (Wildman–Crippen LogP) is 2.18. The number of carbonyl (C=O) groups is 2. The fraction of sp³-hybridized carbons (Fsp3) is 0.615. The van der Waals surface area contributed by atoms with Gasteiger partial charge in [0.25, 0.3) is 11.8 Å². The molecule has 138 valence electrons. The maximum Gasteiger partial charge on any atom is 0.443 e. The average Bonchev–Trinajstić information content (AvgIpc) is 3.03. The molecule has 1 saturated heterocycles. The topological polar surface area (TPSA) is 97.5 Å². The Morgan fingerprint density at radius 2 is 1.92 bits per heavy atom. The first kappa shape index (κ1) is 22.3. The van der Waals surface area contributed by atoms with Crippen LogP contribution < -0.4 is 16.2 Å². The molecule has 0 spiro atoms. The normalized spacial score (nSPS) is 14.2. The van der Waals surface area contributed by atoms with Crippen LogP contribution >= 0.6 is 11.3 Å². The lowest BCUT2D eigenvalue weighted by molar-refractivity contribution is -0.137. The standard InChI is InChI=1S/C9H9F3N4O3S.2C2H6/c10-9(11,12)8-14-5(6(18)15-13)7(20-8)16-1-2-19-3-4(16)17;2*1-2/h1-3,13H2,(H,15,18);2*1-2H3. The van der Waals surface area contributed by atoms with Gasteiger partial charge in [0.2, 0.25) is 5.01 Å². The molecule has 7 nitrogen and oxygen atoms in total. The van der Waals surface area contributed by atoms with Gasteiger partial charge < -0.3 is 4.74 Å². The van der Waals surface area contributed by atoms with Crippen molar-refractivity contribution in [2.24, 2.45) is 5.84 Å². The third-order valence-electron chi connectivity index (χ3n) is 2.43. The van der Waals surface area contributed by atoms with Crippen LogP contribution in [0, 0.1) is 0 Å². The Kier molecular flexibility index (Phi) is 9.48. The molecule has 0 saturated carbocycles. The van der Waals surface area contributed by atoms with Crippen LogP contribution in [0.4, 0.5) is 18.2 Å². The predicted molar refractivity (Wildman–Crippen MR) is 84.6 cm³/mol. The van der Waals surface area contributed by atoms with Gasteiger partial charge in [0, 0.05) is 0 Å². The zero-order valence-electron chi connectivity index (χ0n) is 13.9. The Morgan fingerprint density at radius 3 is 2.38 bits per heavy atom. The number of anilines is 1. The molecule has 2 heterocycles. The molecular weight excluding hydrogens is 349 g/mol. The smallest absolute Gasteiger partial charge is 0.370 e. The van der Waals surface area contributed by atoms with Crippen LogP contribution in [0.1, 0.15) is 43.2 Å². The number of hydrazine groups is 1. The van der Waals surface area contributed by atoms with Gasteiger partial charge in [-0.15, -0.1) is 0 Å². The van der Waals surface area contributed by atoms with E-state index in [0.717, 1.165) is 4.90 Å². The number of carbonyl (C=O) groups excluding carboxylic acids is 2. The summed E-state index contributed by atoms with van der Waals surface area (Å²) in [4.78, 5) is 27.4. The second-order valence-corrected chi connectivity index (χ2v) is 4.72. The van der Waals surface area contributed by atoms with Crippen molar-refractivity contribution in [2.75, 3.05) is 24.7 Å². The summed E-state index contributed by atoms with van der Waals surface area (Å²) in [6, 6.07) is 0. The van der Waals surface area contributed by atoms with E-state index in [1.54, 1.807) is 5.43 Å². The van der Waals surface area contributed by atoms with E-state index in [2.05, 4.69) is 4.98 Å². The van der Waals surface area contributed by atoms with Gasteiger partial charge in [0.05, 0.1) is 13.2 Å². The number of morpholine rings is 1. The number of rotatable bonds is 2. The fourth-order valence-electron chi connectivity index (χ4n) is 1.57. The van der Waals surface area contributed by atoms with E-state index >= 15 is 0 Å². The van der Waals surface area contributed by atoms with Gasteiger partial charge in [-0.2, -0.15) is 13.2 Å². The minimum atomic E-state index is -4.71. The number of hydrogen-bond donors (Lipinski definition) is 2. The number of ether oxygens (including phenoxy) is 1. The number of nitrogens with two attached hydrogens (primary N) is 1. The molecule has 1 aromatic rings. The van der Waals surface area contributed by atoms with Crippen LogP contribution in [0.2, 0.25) is 0 Å². The average molecular weight is 370 g/mol. The highest BCUT2D eigenvalue weighted by Gasteiger charge is 2.39. The SMILES string of the molecule is CC.CC.NNC(=O)c1nc(C(F)(F)F)sc1N1CCOCC1=O. The van der Waals surface area contributed by atoms with Crippen LogP contribution in [0.5, 0.6) is 0 Å². The molecule has 0 aliphatic carbocycles. The van der Waals surface area contributed by atoms with Crippen LogP contribution in [0.3, 0.4) is 0 Å². The first-order valence-electron chi connectivity index (χ1n) is 7.31. The van der Waals surface area contributed by atoms with Crippen LogP contribution in [0.15, 0.2) is 0 Å². The Balaban J connectivity index is 0.00000123. The molecule has 24 heavy (non-hydrogen) atoms. The van der Waals surface area contributed by atoms with E-state index in [1.807, 2.05) is 27.7 Å². The van der Waals surface area contributed by atoms with Crippen molar-refractivity contribution >= 4 is 28.2 Å². The van der Waals surface area contributed by atoms with E-state index < -0.39 is 28.7 Å². The van der Waals surface area contributed by atoms with Gasteiger partial charge in [-0.1, -0.05) is 39.0 Å². The molecule has 11 heteroatoms. The van der Waals surface area contributed by atoms with Crippen LogP contribution in [-0.2, 0) is 15.7 Å². The minimum Gasteiger partial charge on any atom is -0.370 e. The summed E-state index contributed by atoms with van der Waals surface area (Å²) in [5.74, 6) is 3.37. The number of thiazole rings is 1.